The summed E-state index contributed by atoms with van der Waals surface area (Å²) in [5.74, 6) is 0.652. The van der Waals surface area contributed by atoms with Crippen LogP contribution in [0.15, 0.2) is 18.2 Å². The zero-order valence-electron chi connectivity index (χ0n) is 15.9. The molecule has 0 bridgehead atoms. The Hall–Kier alpha value is -1.33. The van der Waals surface area contributed by atoms with E-state index < -0.39 is 5.34 Å². The average Bonchev–Trinajstić information content (AvgIpc) is 3.17. The van der Waals surface area contributed by atoms with Crippen molar-refractivity contribution in [2.45, 2.75) is 44.0 Å². The number of pyridine rings is 1. The molecule has 2 aliphatic rings. The highest BCUT2D eigenvalue weighted by Gasteiger charge is 2.33. The molecule has 136 valence electrons. The SMILES string of the molecule is [B]C([B])(c1cccc(C(=O)N2CCC(OC)C2)n1)N1CCC(CC)CC1. The van der Waals surface area contributed by atoms with Gasteiger partial charge in [0.25, 0.3) is 5.91 Å². The molecule has 5 nitrogen and oxygen atoms in total. The van der Waals surface area contributed by atoms with Gasteiger partial charge in [-0.3, -0.25) is 4.79 Å². The number of amides is 1. The second-order valence-corrected chi connectivity index (χ2v) is 7.47. The van der Waals surface area contributed by atoms with Crippen molar-refractivity contribution in [2.24, 2.45) is 5.92 Å². The van der Waals surface area contributed by atoms with Gasteiger partial charge in [-0.1, -0.05) is 19.4 Å². The van der Waals surface area contributed by atoms with Crippen molar-refractivity contribution in [3.63, 3.8) is 0 Å². The molecule has 0 N–H and O–H groups in total. The number of likely N-dealkylation sites (tertiary alicyclic amines) is 2. The number of hydrogen-bond donors (Lipinski definition) is 0. The Morgan fingerprint density at radius 3 is 2.62 bits per heavy atom. The monoisotopic (exact) mass is 351 g/mol. The zero-order chi connectivity index (χ0) is 18.7. The molecule has 2 fully saturated rings. The molecule has 1 unspecified atom stereocenters. The Bertz CT molecular complexity index is 633. The van der Waals surface area contributed by atoms with E-state index in [0.29, 0.717) is 24.5 Å². The predicted molar refractivity (Wildman–Crippen MR) is 103 cm³/mol. The molecule has 1 aromatic rings. The van der Waals surface area contributed by atoms with Gasteiger partial charge in [-0.2, -0.15) is 0 Å². The van der Waals surface area contributed by atoms with Crippen LogP contribution in [-0.2, 0) is 10.1 Å². The van der Waals surface area contributed by atoms with Gasteiger partial charge >= 0.3 is 0 Å². The van der Waals surface area contributed by atoms with Crippen LogP contribution < -0.4 is 0 Å². The van der Waals surface area contributed by atoms with Gasteiger partial charge in [0.15, 0.2) is 0 Å². The Labute approximate surface area is 159 Å². The quantitative estimate of drug-likeness (QED) is 0.755. The fourth-order valence-electron chi connectivity index (χ4n) is 3.92. The van der Waals surface area contributed by atoms with E-state index in [2.05, 4.69) is 16.8 Å². The first kappa shape index (κ1) is 19.4. The molecule has 2 saturated heterocycles. The summed E-state index contributed by atoms with van der Waals surface area (Å²) in [5.41, 5.74) is 0.934. The van der Waals surface area contributed by atoms with Crippen LogP contribution in [0.1, 0.15) is 48.8 Å². The van der Waals surface area contributed by atoms with Crippen molar-refractivity contribution in [1.82, 2.24) is 14.8 Å². The standard InChI is InChI=1S/C19H27B2N3O2/c1-3-14-7-11-24(12-8-14)19(20,21)17-6-4-5-16(22-17)18(25)23-10-9-15(13-23)26-2/h4-6,14-15H,3,7-13H2,1-2H3. The minimum absolute atomic E-state index is 0.0908. The van der Waals surface area contributed by atoms with Crippen LogP contribution >= 0.6 is 0 Å². The van der Waals surface area contributed by atoms with E-state index in [1.807, 2.05) is 12.1 Å². The summed E-state index contributed by atoms with van der Waals surface area (Å²) in [6.45, 7) is 5.22. The van der Waals surface area contributed by atoms with Crippen molar-refractivity contribution in [2.75, 3.05) is 33.3 Å². The summed E-state index contributed by atoms with van der Waals surface area (Å²) >= 11 is 0. The fourth-order valence-corrected chi connectivity index (χ4v) is 3.92. The first-order chi connectivity index (χ1) is 12.5. The zero-order valence-corrected chi connectivity index (χ0v) is 15.9. The van der Waals surface area contributed by atoms with Crippen LogP contribution in [0.25, 0.3) is 0 Å². The third-order valence-electron chi connectivity index (χ3n) is 5.86. The maximum Gasteiger partial charge on any atom is 0.272 e. The van der Waals surface area contributed by atoms with Crippen LogP contribution in [0.5, 0.6) is 0 Å². The highest BCUT2D eigenvalue weighted by Crippen LogP contribution is 2.28. The number of rotatable bonds is 5. The minimum atomic E-state index is -1.16. The van der Waals surface area contributed by atoms with Crippen LogP contribution in [0.4, 0.5) is 0 Å². The van der Waals surface area contributed by atoms with Crippen LogP contribution in [-0.4, -0.2) is 75.8 Å². The molecule has 3 rings (SSSR count). The first-order valence-electron chi connectivity index (χ1n) is 9.58. The largest absolute Gasteiger partial charge is 0.380 e. The molecule has 0 spiro atoms. The molecule has 1 aromatic heterocycles. The maximum absolute atomic E-state index is 12.8. The number of ether oxygens (including phenoxy) is 1. The minimum Gasteiger partial charge on any atom is -0.380 e. The van der Waals surface area contributed by atoms with Gasteiger partial charge in [0.05, 0.1) is 21.8 Å². The Morgan fingerprint density at radius 1 is 1.27 bits per heavy atom. The Balaban J connectivity index is 1.73. The molecule has 4 radical (unpaired) electrons. The van der Waals surface area contributed by atoms with E-state index in [1.54, 1.807) is 18.1 Å². The topological polar surface area (TPSA) is 45.7 Å². The average molecular weight is 351 g/mol. The summed E-state index contributed by atoms with van der Waals surface area (Å²) in [6, 6.07) is 5.35. The second-order valence-electron chi connectivity index (χ2n) is 7.47. The van der Waals surface area contributed by atoms with Gasteiger partial charge in [0, 0.05) is 25.9 Å². The Kier molecular flexibility index (Phi) is 6.08. The number of carbonyl (C=O) groups is 1. The van der Waals surface area contributed by atoms with Crippen LogP contribution in [0, 0.1) is 5.92 Å². The number of carbonyl (C=O) groups excluding carboxylic acids is 1. The lowest BCUT2D eigenvalue weighted by Gasteiger charge is -2.43. The van der Waals surface area contributed by atoms with E-state index >= 15 is 0 Å². The van der Waals surface area contributed by atoms with Gasteiger partial charge < -0.3 is 14.5 Å². The van der Waals surface area contributed by atoms with Crippen LogP contribution in [0.2, 0.25) is 0 Å². The number of methoxy groups -OCH3 is 1. The molecule has 26 heavy (non-hydrogen) atoms. The fraction of sp³-hybridized carbons (Fsp3) is 0.684. The van der Waals surface area contributed by atoms with E-state index in [0.717, 1.165) is 38.3 Å². The van der Waals surface area contributed by atoms with E-state index in [4.69, 9.17) is 20.4 Å². The van der Waals surface area contributed by atoms with Gasteiger partial charge in [-0.15, -0.1) is 0 Å². The third-order valence-corrected chi connectivity index (χ3v) is 5.86. The van der Waals surface area contributed by atoms with Gasteiger partial charge in [-0.05, 0) is 55.7 Å². The van der Waals surface area contributed by atoms with Crippen LogP contribution in [0.3, 0.4) is 0 Å². The summed E-state index contributed by atoms with van der Waals surface area (Å²) < 4.78 is 5.34. The highest BCUT2D eigenvalue weighted by atomic mass is 16.5. The van der Waals surface area contributed by atoms with Crippen molar-refractivity contribution in [3.8, 4) is 0 Å². The third kappa shape index (κ3) is 3.99. The lowest BCUT2D eigenvalue weighted by Crippen LogP contribution is -2.51. The van der Waals surface area contributed by atoms with Crippen molar-refractivity contribution < 1.29 is 9.53 Å². The molecule has 3 heterocycles. The van der Waals surface area contributed by atoms with Gasteiger partial charge in [0.2, 0.25) is 0 Å². The van der Waals surface area contributed by atoms with E-state index in [-0.39, 0.29) is 12.0 Å². The normalized spacial score (nSPS) is 22.7. The van der Waals surface area contributed by atoms with E-state index in [1.165, 1.54) is 6.42 Å². The molecule has 0 aliphatic carbocycles. The molecule has 1 amide bonds. The lowest BCUT2D eigenvalue weighted by atomic mass is 9.58. The summed E-state index contributed by atoms with van der Waals surface area (Å²) in [4.78, 5) is 21.1. The molecule has 0 saturated carbocycles. The van der Waals surface area contributed by atoms with Gasteiger partial charge in [0.1, 0.15) is 5.69 Å². The molecular weight excluding hydrogens is 324 g/mol. The number of hydrogen-bond acceptors (Lipinski definition) is 4. The van der Waals surface area contributed by atoms with Crippen molar-refractivity contribution >= 4 is 21.6 Å². The molecule has 7 heteroatoms. The van der Waals surface area contributed by atoms with Gasteiger partial charge in [-0.25, -0.2) is 4.98 Å². The number of piperidine rings is 1. The van der Waals surface area contributed by atoms with Crippen molar-refractivity contribution in [1.29, 1.82) is 0 Å². The summed E-state index contributed by atoms with van der Waals surface area (Å²) in [7, 11) is 14.6. The smallest absolute Gasteiger partial charge is 0.272 e. The number of nitrogens with zero attached hydrogens (tertiary/aromatic N) is 3. The molecule has 2 aliphatic heterocycles. The maximum atomic E-state index is 12.8. The van der Waals surface area contributed by atoms with Crippen molar-refractivity contribution in [3.05, 3.63) is 29.6 Å². The Morgan fingerprint density at radius 2 is 2.00 bits per heavy atom. The summed E-state index contributed by atoms with van der Waals surface area (Å²) in [5, 5.41) is -1.16. The van der Waals surface area contributed by atoms with E-state index in [9.17, 15) is 4.79 Å². The predicted octanol–water partition coefficient (Wildman–Crippen LogP) is 1.51. The second kappa shape index (κ2) is 8.13. The summed E-state index contributed by atoms with van der Waals surface area (Å²) in [6.07, 6.45) is 4.34. The molecular formula is C19H27B2N3O2. The lowest BCUT2D eigenvalue weighted by molar-refractivity contribution is 0.0718. The molecule has 1 atom stereocenters. The highest BCUT2D eigenvalue weighted by molar-refractivity contribution is 6.39. The number of aromatic nitrogens is 1. The molecule has 0 aromatic carbocycles. The first-order valence-corrected chi connectivity index (χ1v) is 9.58.